The average Bonchev–Trinajstić information content (AvgIpc) is 1.94. The summed E-state index contributed by atoms with van der Waals surface area (Å²) in [5.41, 5.74) is 0.620. The molecule has 4 heteroatoms. The third kappa shape index (κ3) is 1.76. The number of aromatic nitrogens is 1. The Labute approximate surface area is 80.3 Å². The van der Waals surface area contributed by atoms with E-state index in [1.807, 2.05) is 22.6 Å². The summed E-state index contributed by atoms with van der Waals surface area (Å²) >= 11 is 5.23. The molecule has 0 saturated heterocycles. The van der Waals surface area contributed by atoms with Crippen molar-refractivity contribution >= 4 is 44.8 Å². The van der Waals surface area contributed by atoms with Crippen molar-refractivity contribution in [3.05, 3.63) is 26.0 Å². The number of hydrogen-bond donors (Lipinski definition) is 0. The lowest BCUT2D eigenvalue weighted by Crippen LogP contribution is -1.88. The first-order chi connectivity index (χ1) is 4.74. The van der Waals surface area contributed by atoms with Gasteiger partial charge in [0.05, 0.1) is 0 Å². The smallest absolute Gasteiger partial charge is 0.152 e. The van der Waals surface area contributed by atoms with Gasteiger partial charge in [0.1, 0.15) is 3.70 Å². The first-order valence-corrected chi connectivity index (χ1v) is 4.37. The van der Waals surface area contributed by atoms with Gasteiger partial charge in [-0.25, -0.2) is 4.98 Å². The van der Waals surface area contributed by atoms with Crippen LogP contribution in [0.5, 0.6) is 0 Å². The molecule has 0 amide bonds. The second-order valence-corrected chi connectivity index (χ2v) is 3.59. The molecule has 0 fully saturated rings. The zero-order valence-electron chi connectivity index (χ0n) is 4.84. The van der Waals surface area contributed by atoms with Crippen LogP contribution >= 0.6 is 38.5 Å². The highest BCUT2D eigenvalue weighted by atomic mass is 127. The summed E-state index contributed by atoms with van der Waals surface area (Å²) in [6, 6.07) is 1.74. The van der Waals surface area contributed by atoms with E-state index in [0.29, 0.717) is 5.56 Å². The second kappa shape index (κ2) is 3.43. The number of pyridine rings is 1. The number of hydrogen-bond acceptors (Lipinski definition) is 2. The predicted molar refractivity (Wildman–Crippen MR) is 50.0 cm³/mol. The molecule has 10 heavy (non-hydrogen) atoms. The molecule has 0 aliphatic rings. The van der Waals surface area contributed by atoms with Crippen LogP contribution in [-0.4, -0.2) is 11.3 Å². The molecule has 0 spiro atoms. The summed E-state index contributed by atoms with van der Waals surface area (Å²) in [5, 5.41) is 0. The van der Waals surface area contributed by atoms with Crippen LogP contribution in [-0.2, 0) is 0 Å². The molecular formula is C6H3BrINO. The Morgan fingerprint density at radius 1 is 1.70 bits per heavy atom. The van der Waals surface area contributed by atoms with Crippen molar-refractivity contribution < 1.29 is 4.79 Å². The Morgan fingerprint density at radius 3 is 2.90 bits per heavy atom. The van der Waals surface area contributed by atoms with E-state index in [9.17, 15) is 4.79 Å². The third-order valence-electron chi connectivity index (χ3n) is 0.960. The average molecular weight is 312 g/mol. The maximum Gasteiger partial charge on any atom is 0.152 e. The van der Waals surface area contributed by atoms with Crippen LogP contribution in [0.15, 0.2) is 16.7 Å². The van der Waals surface area contributed by atoms with Gasteiger partial charge < -0.3 is 0 Å². The molecule has 0 bridgehead atoms. The van der Waals surface area contributed by atoms with Crippen molar-refractivity contribution in [1.82, 2.24) is 4.98 Å². The summed E-state index contributed by atoms with van der Waals surface area (Å²) in [6.45, 7) is 0. The number of aldehydes is 1. The van der Waals surface area contributed by atoms with Crippen molar-refractivity contribution in [2.75, 3.05) is 0 Å². The molecule has 0 saturated carbocycles. The highest BCUT2D eigenvalue weighted by Gasteiger charge is 1.98. The fourth-order valence-corrected chi connectivity index (χ4v) is 1.29. The lowest BCUT2D eigenvalue weighted by Gasteiger charge is -1.93. The molecule has 0 unspecified atom stereocenters. The predicted octanol–water partition coefficient (Wildman–Crippen LogP) is 2.26. The van der Waals surface area contributed by atoms with Crippen LogP contribution in [0.3, 0.4) is 0 Å². The Morgan fingerprint density at radius 2 is 2.40 bits per heavy atom. The highest BCUT2D eigenvalue weighted by Crippen LogP contribution is 2.13. The monoisotopic (exact) mass is 311 g/mol. The van der Waals surface area contributed by atoms with E-state index in [1.54, 1.807) is 12.3 Å². The Balaban J connectivity index is 3.21. The SMILES string of the molecule is O=Cc1cc(Br)cnc1I. The maximum atomic E-state index is 10.3. The van der Waals surface area contributed by atoms with Crippen molar-refractivity contribution in [2.45, 2.75) is 0 Å². The van der Waals surface area contributed by atoms with E-state index in [2.05, 4.69) is 20.9 Å². The second-order valence-electron chi connectivity index (χ2n) is 1.65. The summed E-state index contributed by atoms with van der Waals surface area (Å²) in [7, 11) is 0. The molecule has 1 rings (SSSR count). The highest BCUT2D eigenvalue weighted by molar-refractivity contribution is 14.1. The van der Waals surface area contributed by atoms with E-state index < -0.39 is 0 Å². The molecule has 1 aromatic rings. The van der Waals surface area contributed by atoms with Crippen LogP contribution in [0.4, 0.5) is 0 Å². The molecule has 0 radical (unpaired) electrons. The van der Waals surface area contributed by atoms with Gasteiger partial charge in [0.15, 0.2) is 6.29 Å². The standard InChI is InChI=1S/C6H3BrINO/c7-5-1-4(3-10)6(8)9-2-5/h1-3H. The first kappa shape index (κ1) is 8.13. The minimum absolute atomic E-state index is 0.620. The molecule has 1 aromatic heterocycles. The van der Waals surface area contributed by atoms with Gasteiger partial charge in [-0.15, -0.1) is 0 Å². The normalized spacial score (nSPS) is 9.40. The van der Waals surface area contributed by atoms with Crippen LogP contribution in [0.1, 0.15) is 10.4 Å². The summed E-state index contributed by atoms with van der Waals surface area (Å²) in [4.78, 5) is 14.3. The van der Waals surface area contributed by atoms with Gasteiger partial charge in [-0.3, -0.25) is 4.79 Å². The minimum Gasteiger partial charge on any atom is -0.298 e. The van der Waals surface area contributed by atoms with Gasteiger partial charge >= 0.3 is 0 Å². The zero-order valence-corrected chi connectivity index (χ0v) is 8.59. The number of halogens is 2. The number of carbonyl (C=O) groups excluding carboxylic acids is 1. The van der Waals surface area contributed by atoms with E-state index in [0.717, 1.165) is 14.5 Å². The van der Waals surface area contributed by atoms with Crippen LogP contribution in [0.2, 0.25) is 0 Å². The molecule has 0 N–H and O–H groups in total. The molecule has 0 aliphatic heterocycles. The van der Waals surface area contributed by atoms with Crippen molar-refractivity contribution in [2.24, 2.45) is 0 Å². The fourth-order valence-electron chi connectivity index (χ4n) is 0.521. The Bertz CT molecular complexity index is 264. The van der Waals surface area contributed by atoms with Crippen molar-refractivity contribution in [1.29, 1.82) is 0 Å². The third-order valence-corrected chi connectivity index (χ3v) is 2.29. The number of nitrogens with zero attached hydrogens (tertiary/aromatic N) is 1. The van der Waals surface area contributed by atoms with E-state index >= 15 is 0 Å². The Hall–Kier alpha value is 0.0300. The summed E-state index contributed by atoms with van der Waals surface area (Å²) < 4.78 is 1.56. The topological polar surface area (TPSA) is 30.0 Å². The van der Waals surface area contributed by atoms with Gasteiger partial charge in [-0.1, -0.05) is 0 Å². The lowest BCUT2D eigenvalue weighted by atomic mass is 10.3. The van der Waals surface area contributed by atoms with Gasteiger partial charge in [-0.05, 0) is 44.6 Å². The molecule has 0 atom stereocenters. The summed E-state index contributed by atoms with van der Waals surface area (Å²) in [5.74, 6) is 0. The lowest BCUT2D eigenvalue weighted by molar-refractivity contribution is 0.112. The van der Waals surface area contributed by atoms with Gasteiger partial charge in [0.25, 0.3) is 0 Å². The zero-order chi connectivity index (χ0) is 7.56. The molecule has 1 heterocycles. The van der Waals surface area contributed by atoms with Gasteiger partial charge in [-0.2, -0.15) is 0 Å². The largest absolute Gasteiger partial charge is 0.298 e. The molecule has 52 valence electrons. The number of carbonyl (C=O) groups is 1. The molecule has 0 aromatic carbocycles. The van der Waals surface area contributed by atoms with E-state index in [1.165, 1.54) is 0 Å². The maximum absolute atomic E-state index is 10.3. The van der Waals surface area contributed by atoms with Crippen molar-refractivity contribution in [3.8, 4) is 0 Å². The van der Waals surface area contributed by atoms with Gasteiger partial charge in [0.2, 0.25) is 0 Å². The van der Waals surface area contributed by atoms with Crippen LogP contribution in [0.25, 0.3) is 0 Å². The molecular weight excluding hydrogens is 309 g/mol. The van der Waals surface area contributed by atoms with Crippen molar-refractivity contribution in [3.63, 3.8) is 0 Å². The van der Waals surface area contributed by atoms with Crippen LogP contribution < -0.4 is 0 Å². The van der Waals surface area contributed by atoms with Gasteiger partial charge in [0, 0.05) is 16.2 Å². The summed E-state index contributed by atoms with van der Waals surface area (Å²) in [6.07, 6.45) is 2.45. The quantitative estimate of drug-likeness (QED) is 0.452. The number of rotatable bonds is 1. The molecule has 2 nitrogen and oxygen atoms in total. The Kier molecular flexibility index (Phi) is 2.79. The van der Waals surface area contributed by atoms with E-state index in [4.69, 9.17) is 0 Å². The fraction of sp³-hybridized carbons (Fsp3) is 0. The van der Waals surface area contributed by atoms with Crippen LogP contribution in [0, 0.1) is 3.70 Å². The molecule has 0 aliphatic carbocycles. The first-order valence-electron chi connectivity index (χ1n) is 2.50. The van der Waals surface area contributed by atoms with E-state index in [-0.39, 0.29) is 0 Å². The minimum atomic E-state index is 0.620.